The average Bonchev–Trinajstić information content (AvgIpc) is 2.81. The minimum atomic E-state index is 0. The summed E-state index contributed by atoms with van der Waals surface area (Å²) in [5, 5.41) is 3.31. The Morgan fingerprint density at radius 3 is 2.65 bits per heavy atom. The number of amides is 1. The molecule has 0 saturated carbocycles. The summed E-state index contributed by atoms with van der Waals surface area (Å²) in [6.45, 7) is 9.68. The topological polar surface area (TPSA) is 48.5 Å². The van der Waals surface area contributed by atoms with Gasteiger partial charge in [-0.25, -0.2) is 4.98 Å². The van der Waals surface area contributed by atoms with Crippen molar-refractivity contribution in [2.75, 3.05) is 44.2 Å². The summed E-state index contributed by atoms with van der Waals surface area (Å²) < 4.78 is 0. The van der Waals surface area contributed by atoms with Gasteiger partial charge in [0.1, 0.15) is 5.82 Å². The maximum Gasteiger partial charge on any atom is 0.255 e. The Labute approximate surface area is 151 Å². The van der Waals surface area contributed by atoms with Gasteiger partial charge in [-0.05, 0) is 38.4 Å². The van der Waals surface area contributed by atoms with Gasteiger partial charge in [0.2, 0.25) is 0 Å². The first kappa shape index (κ1) is 22.0. The number of rotatable bonds is 5. The third-order valence-corrected chi connectivity index (χ3v) is 3.82. The minimum Gasteiger partial charge on any atom is -0.357 e. The quantitative estimate of drug-likeness (QED) is 0.874. The van der Waals surface area contributed by atoms with Crippen LogP contribution in [0.25, 0.3) is 0 Å². The molecule has 1 saturated heterocycles. The van der Waals surface area contributed by atoms with Crippen molar-refractivity contribution in [1.29, 1.82) is 0 Å². The van der Waals surface area contributed by atoms with E-state index in [4.69, 9.17) is 0 Å². The van der Waals surface area contributed by atoms with Crippen LogP contribution < -0.4 is 10.2 Å². The predicted molar refractivity (Wildman–Crippen MR) is 100 cm³/mol. The van der Waals surface area contributed by atoms with Crippen LogP contribution in [0.4, 0.5) is 5.82 Å². The van der Waals surface area contributed by atoms with Gasteiger partial charge in [0.15, 0.2) is 0 Å². The second-order valence-corrected chi connectivity index (χ2v) is 5.38. The Morgan fingerprint density at radius 2 is 2.04 bits per heavy atom. The van der Waals surface area contributed by atoms with E-state index in [1.807, 2.05) is 17.0 Å². The number of carbonyl (C=O) groups is 1. The Bertz CT molecular complexity index is 448. The van der Waals surface area contributed by atoms with Gasteiger partial charge in [0, 0.05) is 38.9 Å². The number of anilines is 1. The second-order valence-electron chi connectivity index (χ2n) is 5.38. The SMILES string of the molecule is CCCN(CC)c1ccc(C(=O)N2CCCNCC2)cn1.Cl.Cl. The molecule has 5 nitrogen and oxygen atoms in total. The van der Waals surface area contributed by atoms with Gasteiger partial charge in [-0.2, -0.15) is 0 Å². The molecular weight excluding hydrogens is 335 g/mol. The highest BCUT2D eigenvalue weighted by Gasteiger charge is 2.17. The molecule has 1 aliphatic heterocycles. The molecular formula is C16H28Cl2N4O. The lowest BCUT2D eigenvalue weighted by Crippen LogP contribution is -2.34. The molecule has 0 radical (unpaired) electrons. The van der Waals surface area contributed by atoms with E-state index in [1.54, 1.807) is 6.20 Å². The third kappa shape index (κ3) is 6.16. The zero-order chi connectivity index (χ0) is 15.1. The van der Waals surface area contributed by atoms with Crippen LogP contribution in [0.1, 0.15) is 37.0 Å². The molecule has 7 heteroatoms. The highest BCUT2D eigenvalue weighted by atomic mass is 35.5. The lowest BCUT2D eigenvalue weighted by atomic mass is 10.2. The van der Waals surface area contributed by atoms with E-state index in [-0.39, 0.29) is 30.7 Å². The molecule has 1 aromatic rings. The van der Waals surface area contributed by atoms with Crippen molar-refractivity contribution in [2.45, 2.75) is 26.7 Å². The van der Waals surface area contributed by atoms with Crippen LogP contribution in [-0.4, -0.2) is 55.1 Å². The fraction of sp³-hybridized carbons (Fsp3) is 0.625. The zero-order valence-corrected chi connectivity index (χ0v) is 15.6. The Morgan fingerprint density at radius 1 is 1.26 bits per heavy atom. The summed E-state index contributed by atoms with van der Waals surface area (Å²) in [6, 6.07) is 3.86. The van der Waals surface area contributed by atoms with Crippen LogP contribution in [0.5, 0.6) is 0 Å². The van der Waals surface area contributed by atoms with Crippen molar-refractivity contribution < 1.29 is 4.79 Å². The molecule has 1 aromatic heterocycles. The summed E-state index contributed by atoms with van der Waals surface area (Å²) in [5.41, 5.74) is 0.688. The van der Waals surface area contributed by atoms with E-state index in [1.165, 1.54) is 0 Å². The molecule has 0 atom stereocenters. The Hall–Kier alpha value is -1.04. The molecule has 2 rings (SSSR count). The highest BCUT2D eigenvalue weighted by Crippen LogP contribution is 2.13. The van der Waals surface area contributed by atoms with E-state index < -0.39 is 0 Å². The van der Waals surface area contributed by atoms with Crippen LogP contribution in [-0.2, 0) is 0 Å². The predicted octanol–water partition coefficient (Wildman–Crippen LogP) is 2.60. The first-order valence-corrected chi connectivity index (χ1v) is 7.97. The van der Waals surface area contributed by atoms with Gasteiger partial charge in [-0.3, -0.25) is 4.79 Å². The van der Waals surface area contributed by atoms with Gasteiger partial charge in [-0.1, -0.05) is 6.92 Å². The monoisotopic (exact) mass is 362 g/mol. The van der Waals surface area contributed by atoms with E-state index in [0.717, 1.165) is 57.9 Å². The molecule has 132 valence electrons. The van der Waals surface area contributed by atoms with Gasteiger partial charge >= 0.3 is 0 Å². The normalized spacial score (nSPS) is 14.3. The van der Waals surface area contributed by atoms with Crippen LogP contribution in [0, 0.1) is 0 Å². The fourth-order valence-electron chi connectivity index (χ4n) is 2.64. The van der Waals surface area contributed by atoms with E-state index in [0.29, 0.717) is 5.56 Å². The molecule has 0 unspecified atom stereocenters. The van der Waals surface area contributed by atoms with Crippen molar-refractivity contribution >= 4 is 36.5 Å². The second kappa shape index (κ2) is 11.5. The number of halogens is 2. The molecule has 1 N–H and O–H groups in total. The number of hydrogen-bond acceptors (Lipinski definition) is 4. The molecule has 2 heterocycles. The van der Waals surface area contributed by atoms with Gasteiger partial charge in [0.05, 0.1) is 5.56 Å². The first-order chi connectivity index (χ1) is 10.3. The lowest BCUT2D eigenvalue weighted by Gasteiger charge is -2.22. The average molecular weight is 363 g/mol. The summed E-state index contributed by atoms with van der Waals surface area (Å²) in [5.74, 6) is 1.05. The first-order valence-electron chi connectivity index (χ1n) is 7.97. The number of hydrogen-bond donors (Lipinski definition) is 1. The van der Waals surface area contributed by atoms with E-state index in [9.17, 15) is 4.79 Å². The van der Waals surface area contributed by atoms with E-state index >= 15 is 0 Å². The van der Waals surface area contributed by atoms with Crippen molar-refractivity contribution in [3.63, 3.8) is 0 Å². The highest BCUT2D eigenvalue weighted by molar-refractivity contribution is 5.94. The minimum absolute atomic E-state index is 0. The molecule has 0 spiro atoms. The van der Waals surface area contributed by atoms with Crippen LogP contribution in [0.2, 0.25) is 0 Å². The molecule has 0 aliphatic carbocycles. The largest absolute Gasteiger partial charge is 0.357 e. The summed E-state index contributed by atoms with van der Waals surface area (Å²) in [4.78, 5) is 21.1. The molecule has 1 aliphatic rings. The van der Waals surface area contributed by atoms with Crippen molar-refractivity contribution in [3.8, 4) is 0 Å². The summed E-state index contributed by atoms with van der Waals surface area (Å²) in [6.07, 6.45) is 3.82. The fourth-order valence-corrected chi connectivity index (χ4v) is 2.64. The standard InChI is InChI=1S/C16H26N4O.2ClH/c1-3-10-19(4-2)15-7-6-14(13-18-15)16(21)20-11-5-8-17-9-12-20;;/h6-7,13,17H,3-5,8-12H2,1-2H3;2*1H. The number of aromatic nitrogens is 1. The van der Waals surface area contributed by atoms with Crippen LogP contribution in [0.15, 0.2) is 18.3 Å². The number of nitrogens with one attached hydrogen (secondary N) is 1. The Kier molecular flexibility index (Phi) is 11.0. The van der Waals surface area contributed by atoms with Crippen molar-refractivity contribution in [3.05, 3.63) is 23.9 Å². The van der Waals surface area contributed by atoms with Gasteiger partial charge < -0.3 is 15.1 Å². The third-order valence-electron chi connectivity index (χ3n) is 3.82. The molecule has 23 heavy (non-hydrogen) atoms. The van der Waals surface area contributed by atoms with E-state index in [2.05, 4.69) is 29.0 Å². The molecule has 1 fully saturated rings. The lowest BCUT2D eigenvalue weighted by molar-refractivity contribution is 0.0766. The molecule has 1 amide bonds. The molecule has 0 bridgehead atoms. The smallest absolute Gasteiger partial charge is 0.255 e. The number of nitrogens with zero attached hydrogens (tertiary/aromatic N) is 3. The summed E-state index contributed by atoms with van der Waals surface area (Å²) >= 11 is 0. The summed E-state index contributed by atoms with van der Waals surface area (Å²) in [7, 11) is 0. The number of carbonyl (C=O) groups excluding carboxylic acids is 1. The Balaban J connectivity index is 0.00000242. The van der Waals surface area contributed by atoms with Crippen LogP contribution >= 0.6 is 24.8 Å². The molecule has 0 aromatic carbocycles. The van der Waals surface area contributed by atoms with Gasteiger partial charge in [0.25, 0.3) is 5.91 Å². The maximum absolute atomic E-state index is 12.5. The zero-order valence-electron chi connectivity index (χ0n) is 14.0. The maximum atomic E-state index is 12.5. The van der Waals surface area contributed by atoms with Crippen molar-refractivity contribution in [2.24, 2.45) is 0 Å². The van der Waals surface area contributed by atoms with Gasteiger partial charge in [-0.15, -0.1) is 24.8 Å². The number of pyridine rings is 1. The van der Waals surface area contributed by atoms with Crippen LogP contribution in [0.3, 0.4) is 0 Å². The van der Waals surface area contributed by atoms with Crippen molar-refractivity contribution in [1.82, 2.24) is 15.2 Å².